The molecule has 0 aliphatic rings. The van der Waals surface area contributed by atoms with Crippen LogP contribution in [0.3, 0.4) is 0 Å². The highest BCUT2D eigenvalue weighted by Gasteiger charge is 2.05. The SMILES string of the molecule is CCNC(=NCc1ccc(C)cc1OCCOCC)NCC. The molecule has 0 aromatic heterocycles. The van der Waals surface area contributed by atoms with E-state index in [2.05, 4.69) is 54.6 Å². The maximum absolute atomic E-state index is 5.84. The number of rotatable bonds is 9. The summed E-state index contributed by atoms with van der Waals surface area (Å²) in [7, 11) is 0. The van der Waals surface area contributed by atoms with Crippen molar-refractivity contribution in [3.8, 4) is 5.75 Å². The Hall–Kier alpha value is -1.75. The van der Waals surface area contributed by atoms with Crippen LogP contribution in [-0.4, -0.2) is 38.9 Å². The van der Waals surface area contributed by atoms with E-state index in [1.165, 1.54) is 5.56 Å². The molecule has 0 aliphatic carbocycles. The summed E-state index contributed by atoms with van der Waals surface area (Å²) >= 11 is 0. The molecule has 2 N–H and O–H groups in total. The van der Waals surface area contributed by atoms with Gasteiger partial charge in [-0.1, -0.05) is 12.1 Å². The van der Waals surface area contributed by atoms with Crippen molar-refractivity contribution >= 4 is 5.96 Å². The molecule has 22 heavy (non-hydrogen) atoms. The van der Waals surface area contributed by atoms with Gasteiger partial charge in [0.25, 0.3) is 0 Å². The van der Waals surface area contributed by atoms with Gasteiger partial charge in [-0.25, -0.2) is 4.99 Å². The Labute approximate surface area is 134 Å². The lowest BCUT2D eigenvalue weighted by Crippen LogP contribution is -2.36. The first kappa shape index (κ1) is 18.3. The third-order valence-electron chi connectivity index (χ3n) is 3.01. The van der Waals surface area contributed by atoms with Crippen molar-refractivity contribution in [3.63, 3.8) is 0 Å². The molecule has 1 aromatic carbocycles. The zero-order valence-corrected chi connectivity index (χ0v) is 14.2. The van der Waals surface area contributed by atoms with Crippen LogP contribution in [0.1, 0.15) is 31.9 Å². The molecule has 0 amide bonds. The molecule has 0 aliphatic heterocycles. The fourth-order valence-corrected chi connectivity index (χ4v) is 1.96. The van der Waals surface area contributed by atoms with E-state index < -0.39 is 0 Å². The van der Waals surface area contributed by atoms with Crippen LogP contribution in [0, 0.1) is 6.92 Å². The van der Waals surface area contributed by atoms with E-state index in [0.717, 1.165) is 30.4 Å². The van der Waals surface area contributed by atoms with Crippen molar-refractivity contribution < 1.29 is 9.47 Å². The molecular weight excluding hydrogens is 278 g/mol. The van der Waals surface area contributed by atoms with Gasteiger partial charge in [0.2, 0.25) is 0 Å². The summed E-state index contributed by atoms with van der Waals surface area (Å²) in [6, 6.07) is 6.21. The van der Waals surface area contributed by atoms with Crippen LogP contribution < -0.4 is 15.4 Å². The maximum Gasteiger partial charge on any atom is 0.191 e. The second-order valence-electron chi connectivity index (χ2n) is 4.88. The summed E-state index contributed by atoms with van der Waals surface area (Å²) in [6.07, 6.45) is 0. The van der Waals surface area contributed by atoms with Gasteiger partial charge < -0.3 is 20.1 Å². The molecule has 0 saturated carbocycles. The van der Waals surface area contributed by atoms with Crippen molar-refractivity contribution in [2.75, 3.05) is 32.9 Å². The fourth-order valence-electron chi connectivity index (χ4n) is 1.96. The maximum atomic E-state index is 5.84. The van der Waals surface area contributed by atoms with Crippen LogP contribution >= 0.6 is 0 Å². The lowest BCUT2D eigenvalue weighted by Gasteiger charge is -2.13. The van der Waals surface area contributed by atoms with Crippen LogP contribution in [0.4, 0.5) is 0 Å². The molecule has 0 saturated heterocycles. The minimum Gasteiger partial charge on any atom is -0.491 e. The Morgan fingerprint density at radius 2 is 1.82 bits per heavy atom. The molecule has 1 rings (SSSR count). The van der Waals surface area contributed by atoms with E-state index in [0.29, 0.717) is 26.4 Å². The smallest absolute Gasteiger partial charge is 0.191 e. The predicted molar refractivity (Wildman–Crippen MR) is 91.7 cm³/mol. The highest BCUT2D eigenvalue weighted by Crippen LogP contribution is 2.21. The number of hydrogen-bond acceptors (Lipinski definition) is 3. The third kappa shape index (κ3) is 6.80. The van der Waals surface area contributed by atoms with E-state index in [-0.39, 0.29) is 0 Å². The van der Waals surface area contributed by atoms with Crippen LogP contribution in [0.5, 0.6) is 5.75 Å². The number of nitrogens with one attached hydrogen (secondary N) is 2. The zero-order chi connectivity index (χ0) is 16.2. The first-order valence-electron chi connectivity index (χ1n) is 8.03. The van der Waals surface area contributed by atoms with Crippen LogP contribution in [0.2, 0.25) is 0 Å². The quantitative estimate of drug-likeness (QED) is 0.418. The third-order valence-corrected chi connectivity index (χ3v) is 3.01. The van der Waals surface area contributed by atoms with Gasteiger partial charge in [-0.3, -0.25) is 0 Å². The highest BCUT2D eigenvalue weighted by atomic mass is 16.5. The largest absolute Gasteiger partial charge is 0.491 e. The standard InChI is InChI=1S/C17H29N3O2/c1-5-18-17(19-6-2)20-13-15-9-8-14(4)12-16(15)22-11-10-21-7-3/h8-9,12H,5-7,10-11,13H2,1-4H3,(H2,18,19,20). The Morgan fingerprint density at radius 1 is 1.09 bits per heavy atom. The number of ether oxygens (including phenoxy) is 2. The van der Waals surface area contributed by atoms with E-state index in [4.69, 9.17) is 9.47 Å². The van der Waals surface area contributed by atoms with Gasteiger partial charge in [-0.15, -0.1) is 0 Å². The first-order chi connectivity index (χ1) is 10.7. The van der Waals surface area contributed by atoms with Gasteiger partial charge in [0.05, 0.1) is 13.2 Å². The molecule has 124 valence electrons. The molecule has 0 unspecified atom stereocenters. The molecule has 1 aromatic rings. The normalized spacial score (nSPS) is 10.2. The molecule has 0 heterocycles. The Kier molecular flexibility index (Phi) is 9.07. The second kappa shape index (κ2) is 10.9. The first-order valence-corrected chi connectivity index (χ1v) is 8.03. The van der Waals surface area contributed by atoms with E-state index in [1.54, 1.807) is 0 Å². The number of benzene rings is 1. The predicted octanol–water partition coefficient (Wildman–Crippen LogP) is 2.49. The molecule has 0 spiro atoms. The van der Waals surface area contributed by atoms with Crippen LogP contribution in [0.15, 0.2) is 23.2 Å². The lowest BCUT2D eigenvalue weighted by molar-refractivity contribution is 0.110. The van der Waals surface area contributed by atoms with Gasteiger partial charge in [-0.2, -0.15) is 0 Å². The number of aryl methyl sites for hydroxylation is 1. The molecule has 0 bridgehead atoms. The number of hydrogen-bond donors (Lipinski definition) is 2. The lowest BCUT2D eigenvalue weighted by atomic mass is 10.1. The van der Waals surface area contributed by atoms with Gasteiger partial charge in [0, 0.05) is 25.3 Å². The summed E-state index contributed by atoms with van der Waals surface area (Å²) in [5.41, 5.74) is 2.26. The molecule has 0 fully saturated rings. The number of aliphatic imine (C=N–C) groups is 1. The topological polar surface area (TPSA) is 54.9 Å². The van der Waals surface area contributed by atoms with Crippen molar-refractivity contribution in [1.29, 1.82) is 0 Å². The van der Waals surface area contributed by atoms with Gasteiger partial charge in [-0.05, 0) is 39.3 Å². The van der Waals surface area contributed by atoms with Gasteiger partial charge >= 0.3 is 0 Å². The highest BCUT2D eigenvalue weighted by molar-refractivity contribution is 5.79. The molecule has 0 atom stereocenters. The van der Waals surface area contributed by atoms with Crippen molar-refractivity contribution in [3.05, 3.63) is 29.3 Å². The monoisotopic (exact) mass is 307 g/mol. The Balaban J connectivity index is 2.73. The Morgan fingerprint density at radius 3 is 2.45 bits per heavy atom. The molecule has 5 heteroatoms. The molecule has 0 radical (unpaired) electrons. The average molecular weight is 307 g/mol. The van der Waals surface area contributed by atoms with E-state index in [9.17, 15) is 0 Å². The van der Waals surface area contributed by atoms with Crippen LogP contribution in [0.25, 0.3) is 0 Å². The van der Waals surface area contributed by atoms with Crippen LogP contribution in [-0.2, 0) is 11.3 Å². The fraction of sp³-hybridized carbons (Fsp3) is 0.588. The summed E-state index contributed by atoms with van der Waals surface area (Å²) in [6.45, 7) is 12.3. The van der Waals surface area contributed by atoms with Crippen molar-refractivity contribution in [2.24, 2.45) is 4.99 Å². The molecule has 5 nitrogen and oxygen atoms in total. The minimum absolute atomic E-state index is 0.557. The van der Waals surface area contributed by atoms with E-state index >= 15 is 0 Å². The number of guanidine groups is 1. The average Bonchev–Trinajstić information content (AvgIpc) is 2.51. The second-order valence-corrected chi connectivity index (χ2v) is 4.88. The summed E-state index contributed by atoms with van der Waals surface area (Å²) in [5, 5.41) is 6.45. The molecular formula is C17H29N3O2. The minimum atomic E-state index is 0.557. The zero-order valence-electron chi connectivity index (χ0n) is 14.2. The van der Waals surface area contributed by atoms with E-state index in [1.807, 2.05) is 6.92 Å². The van der Waals surface area contributed by atoms with Crippen molar-refractivity contribution in [2.45, 2.75) is 34.2 Å². The van der Waals surface area contributed by atoms with Gasteiger partial charge in [0.1, 0.15) is 12.4 Å². The summed E-state index contributed by atoms with van der Waals surface area (Å²) < 4.78 is 11.2. The summed E-state index contributed by atoms with van der Waals surface area (Å²) in [5.74, 6) is 1.71. The Bertz CT molecular complexity index is 453. The number of nitrogens with zero attached hydrogens (tertiary/aromatic N) is 1. The van der Waals surface area contributed by atoms with Gasteiger partial charge in [0.15, 0.2) is 5.96 Å². The summed E-state index contributed by atoms with van der Waals surface area (Å²) in [4.78, 5) is 4.59. The van der Waals surface area contributed by atoms with Crippen molar-refractivity contribution in [1.82, 2.24) is 10.6 Å².